The molecule has 160 valence electrons. The Balaban J connectivity index is 2.21. The predicted octanol–water partition coefficient (Wildman–Crippen LogP) is 6.85. The summed E-state index contributed by atoms with van der Waals surface area (Å²) in [7, 11) is -4.04. The van der Waals surface area contributed by atoms with E-state index in [4.69, 9.17) is 9.41 Å². The highest BCUT2D eigenvalue weighted by molar-refractivity contribution is 6.74. The molecule has 2 atom stereocenters. The molecule has 3 nitrogen and oxygen atoms in total. The minimum atomic E-state index is -2.16. The van der Waals surface area contributed by atoms with E-state index in [2.05, 4.69) is 72.9 Å². The van der Waals surface area contributed by atoms with Crippen molar-refractivity contribution < 1.29 is 9.22 Å². The molecule has 0 bridgehead atoms. The Morgan fingerprint density at radius 3 is 2.36 bits per heavy atom. The molecule has 0 aliphatic heterocycles. The molecule has 1 aliphatic carbocycles. The monoisotopic (exact) mass is 421 g/mol. The van der Waals surface area contributed by atoms with Gasteiger partial charge in [0.1, 0.15) is 0 Å². The number of hydrogen-bond acceptors (Lipinski definition) is 3. The van der Waals surface area contributed by atoms with E-state index in [1.54, 1.807) is 0 Å². The van der Waals surface area contributed by atoms with Crippen LogP contribution in [0.15, 0.2) is 18.3 Å². The Labute approximate surface area is 175 Å². The van der Waals surface area contributed by atoms with Crippen LogP contribution in [0.2, 0.25) is 36.3 Å². The molecule has 0 amide bonds. The standard InChI is InChI=1S/C23H43NO2Si2/c1-22(2,3)28(8,9)26-20-17-18(14-15-23(4,5)27(6,7)25)12-13-19-11-10-16-24-21(19)20/h10-11,16,18,20,25H,12-15,17H2,1-9H3/t18-,20-/m0/s1. The number of nitrogens with zero attached hydrogens (tertiary/aromatic N) is 1. The average Bonchev–Trinajstić information content (AvgIpc) is 2.71. The van der Waals surface area contributed by atoms with Crippen LogP contribution in [0.25, 0.3) is 0 Å². The molecule has 1 aromatic rings. The Morgan fingerprint density at radius 1 is 1.14 bits per heavy atom. The van der Waals surface area contributed by atoms with E-state index in [1.807, 2.05) is 6.20 Å². The van der Waals surface area contributed by atoms with Crippen molar-refractivity contribution >= 4 is 16.6 Å². The van der Waals surface area contributed by atoms with Crippen LogP contribution in [0.1, 0.15) is 77.7 Å². The van der Waals surface area contributed by atoms with E-state index in [0.29, 0.717) is 5.92 Å². The number of aryl methyl sites for hydroxylation is 1. The van der Waals surface area contributed by atoms with Gasteiger partial charge in [0, 0.05) is 6.20 Å². The summed E-state index contributed by atoms with van der Waals surface area (Å²) in [5.41, 5.74) is 2.54. The van der Waals surface area contributed by atoms with Crippen molar-refractivity contribution in [3.05, 3.63) is 29.6 Å². The van der Waals surface area contributed by atoms with E-state index in [0.717, 1.165) is 25.7 Å². The second-order valence-electron chi connectivity index (χ2n) is 11.5. The summed E-state index contributed by atoms with van der Waals surface area (Å²) < 4.78 is 6.91. The van der Waals surface area contributed by atoms with Crippen LogP contribution in [0.5, 0.6) is 0 Å². The number of fused-ring (bicyclic) bond motifs is 1. The maximum atomic E-state index is 10.7. The smallest absolute Gasteiger partial charge is 0.192 e. The molecule has 1 heterocycles. The van der Waals surface area contributed by atoms with Crippen LogP contribution in [0.3, 0.4) is 0 Å². The Hall–Kier alpha value is -0.496. The largest absolute Gasteiger partial charge is 0.432 e. The molecule has 5 heteroatoms. The Kier molecular flexibility index (Phi) is 7.07. The first-order valence-corrected chi connectivity index (χ1v) is 16.8. The summed E-state index contributed by atoms with van der Waals surface area (Å²) >= 11 is 0. The third kappa shape index (κ3) is 5.56. The minimum Gasteiger partial charge on any atom is -0.432 e. The normalized spacial score (nSPS) is 21.9. The van der Waals surface area contributed by atoms with Gasteiger partial charge in [-0.25, -0.2) is 0 Å². The van der Waals surface area contributed by atoms with Crippen molar-refractivity contribution in [2.75, 3.05) is 0 Å². The summed E-state index contributed by atoms with van der Waals surface area (Å²) in [4.78, 5) is 15.5. The molecule has 2 rings (SSSR count). The van der Waals surface area contributed by atoms with E-state index < -0.39 is 16.6 Å². The second-order valence-corrected chi connectivity index (χ2v) is 20.8. The van der Waals surface area contributed by atoms with Gasteiger partial charge in [-0.1, -0.05) is 47.1 Å². The molecule has 1 aromatic heterocycles. The van der Waals surface area contributed by atoms with Crippen molar-refractivity contribution in [2.45, 2.75) is 109 Å². The molecule has 0 unspecified atom stereocenters. The maximum Gasteiger partial charge on any atom is 0.192 e. The molecular weight excluding hydrogens is 378 g/mol. The summed E-state index contributed by atoms with van der Waals surface area (Å²) in [5.74, 6) is 0.625. The Bertz CT molecular complexity index is 659. The quantitative estimate of drug-likeness (QED) is 0.403. The zero-order chi connectivity index (χ0) is 21.4. The van der Waals surface area contributed by atoms with Gasteiger partial charge in [0.2, 0.25) is 0 Å². The van der Waals surface area contributed by atoms with Crippen LogP contribution in [-0.4, -0.2) is 26.4 Å². The highest BCUT2D eigenvalue weighted by Gasteiger charge is 2.42. The van der Waals surface area contributed by atoms with Crippen LogP contribution < -0.4 is 0 Å². The lowest BCUT2D eigenvalue weighted by molar-refractivity contribution is 0.145. The van der Waals surface area contributed by atoms with Gasteiger partial charge in [-0.2, -0.15) is 0 Å². The molecule has 0 saturated carbocycles. The van der Waals surface area contributed by atoms with Crippen molar-refractivity contribution in [1.82, 2.24) is 4.98 Å². The van der Waals surface area contributed by atoms with Gasteiger partial charge < -0.3 is 9.22 Å². The van der Waals surface area contributed by atoms with Gasteiger partial charge in [-0.15, -0.1) is 0 Å². The molecule has 1 aliphatic rings. The summed E-state index contributed by atoms with van der Waals surface area (Å²) in [5, 5.41) is 0.235. The van der Waals surface area contributed by atoms with Crippen LogP contribution in [-0.2, 0) is 10.8 Å². The molecule has 0 radical (unpaired) electrons. The molecule has 28 heavy (non-hydrogen) atoms. The van der Waals surface area contributed by atoms with Crippen LogP contribution in [0, 0.1) is 5.92 Å². The first-order chi connectivity index (χ1) is 12.6. The fraction of sp³-hybridized carbons (Fsp3) is 0.783. The van der Waals surface area contributed by atoms with E-state index >= 15 is 0 Å². The van der Waals surface area contributed by atoms with Crippen LogP contribution >= 0.6 is 0 Å². The molecule has 0 saturated heterocycles. The second kappa shape index (κ2) is 8.33. The van der Waals surface area contributed by atoms with E-state index in [1.165, 1.54) is 17.7 Å². The summed E-state index contributed by atoms with van der Waals surface area (Å²) in [6, 6.07) is 4.30. The molecule has 0 aromatic carbocycles. The van der Waals surface area contributed by atoms with Gasteiger partial charge in [-0.05, 0) is 79.5 Å². The maximum absolute atomic E-state index is 10.7. The first-order valence-electron chi connectivity index (χ1n) is 11.0. The van der Waals surface area contributed by atoms with E-state index in [9.17, 15) is 4.80 Å². The SMILES string of the molecule is CC(C)(CC[C@@H]1CCc2cccnc2[C@@H](O[Si](C)(C)C(C)(C)C)C1)[Si](C)(C)O. The fourth-order valence-electron chi connectivity index (χ4n) is 3.61. The number of pyridine rings is 1. The average molecular weight is 422 g/mol. The van der Waals surface area contributed by atoms with Crippen molar-refractivity contribution in [2.24, 2.45) is 5.92 Å². The van der Waals surface area contributed by atoms with Gasteiger partial charge in [0.25, 0.3) is 0 Å². The lowest BCUT2D eigenvalue weighted by atomic mass is 9.90. The molecule has 0 fully saturated rings. The fourth-order valence-corrected chi connectivity index (χ4v) is 5.64. The molecular formula is C23H43NO2Si2. The topological polar surface area (TPSA) is 42.4 Å². The first kappa shape index (κ1) is 23.8. The van der Waals surface area contributed by atoms with Gasteiger partial charge in [-0.3, -0.25) is 4.98 Å². The van der Waals surface area contributed by atoms with E-state index in [-0.39, 0.29) is 16.2 Å². The van der Waals surface area contributed by atoms with Crippen molar-refractivity contribution in [1.29, 1.82) is 0 Å². The predicted molar refractivity (Wildman–Crippen MR) is 125 cm³/mol. The lowest BCUT2D eigenvalue weighted by Crippen LogP contribution is -2.42. The molecule has 0 spiro atoms. The summed E-state index contributed by atoms with van der Waals surface area (Å²) in [6.07, 6.45) is 7.61. The van der Waals surface area contributed by atoms with Gasteiger partial charge >= 0.3 is 0 Å². The van der Waals surface area contributed by atoms with Crippen molar-refractivity contribution in [3.63, 3.8) is 0 Å². The minimum absolute atomic E-state index is 0.0419. The number of hydrogen-bond donors (Lipinski definition) is 1. The number of rotatable bonds is 6. The summed E-state index contributed by atoms with van der Waals surface area (Å²) in [6.45, 7) is 20.3. The third-order valence-corrected chi connectivity index (χ3v) is 15.7. The van der Waals surface area contributed by atoms with Gasteiger partial charge in [0.05, 0.1) is 11.8 Å². The lowest BCUT2D eigenvalue weighted by Gasteiger charge is -2.40. The Morgan fingerprint density at radius 2 is 1.79 bits per heavy atom. The molecule has 1 N–H and O–H groups in total. The third-order valence-electron chi connectivity index (χ3n) is 7.68. The highest BCUT2D eigenvalue weighted by atomic mass is 28.4. The van der Waals surface area contributed by atoms with Crippen molar-refractivity contribution in [3.8, 4) is 0 Å². The zero-order valence-electron chi connectivity index (χ0n) is 19.7. The van der Waals surface area contributed by atoms with Crippen LogP contribution in [0.4, 0.5) is 0 Å². The van der Waals surface area contributed by atoms with Gasteiger partial charge in [0.15, 0.2) is 16.6 Å². The number of aromatic nitrogens is 1. The highest BCUT2D eigenvalue weighted by Crippen LogP contribution is 2.46. The zero-order valence-corrected chi connectivity index (χ0v) is 21.7.